The molecule has 0 amide bonds. The number of nitrogens with zero attached hydrogens (tertiary/aromatic N) is 1. The molecule has 0 aromatic carbocycles. The van der Waals surface area contributed by atoms with Crippen molar-refractivity contribution in [1.29, 1.82) is 0 Å². The van der Waals surface area contributed by atoms with Crippen molar-refractivity contribution in [1.82, 2.24) is 10.4 Å². The molecule has 3 nitrogen and oxygen atoms in total. The Morgan fingerprint density at radius 2 is 2.32 bits per heavy atom. The number of halogens is 2. The van der Waals surface area contributed by atoms with Crippen LogP contribution in [0.4, 0.5) is 8.78 Å². The van der Waals surface area contributed by atoms with Crippen LogP contribution in [0.25, 0.3) is 0 Å². The summed E-state index contributed by atoms with van der Waals surface area (Å²) in [5.41, 5.74) is 4.75. The van der Waals surface area contributed by atoms with Gasteiger partial charge in [0.1, 0.15) is 0 Å². The Labute approximate surface area is 112 Å². The molecule has 0 bridgehead atoms. The molecule has 1 saturated carbocycles. The molecule has 5 heteroatoms. The van der Waals surface area contributed by atoms with E-state index >= 15 is 0 Å². The van der Waals surface area contributed by atoms with E-state index in [9.17, 15) is 8.78 Å². The number of hydrazine groups is 1. The van der Waals surface area contributed by atoms with Crippen molar-refractivity contribution in [2.45, 2.75) is 51.0 Å². The van der Waals surface area contributed by atoms with Crippen LogP contribution in [0, 0.1) is 12.8 Å². The minimum absolute atomic E-state index is 0.0188. The van der Waals surface area contributed by atoms with Gasteiger partial charge in [0, 0.05) is 31.3 Å². The Balaban J connectivity index is 2.03. The van der Waals surface area contributed by atoms with E-state index in [0.29, 0.717) is 12.8 Å². The monoisotopic (exact) mass is 269 g/mol. The minimum Gasteiger partial charge on any atom is -0.271 e. The number of rotatable bonds is 4. The van der Waals surface area contributed by atoms with E-state index in [-0.39, 0.29) is 24.8 Å². The van der Waals surface area contributed by atoms with Crippen LogP contribution < -0.4 is 11.3 Å². The van der Waals surface area contributed by atoms with Crippen molar-refractivity contribution < 1.29 is 8.78 Å². The van der Waals surface area contributed by atoms with Crippen molar-refractivity contribution in [3.05, 3.63) is 29.6 Å². The van der Waals surface area contributed by atoms with Crippen LogP contribution in [0.2, 0.25) is 0 Å². The Morgan fingerprint density at radius 3 is 2.95 bits per heavy atom. The van der Waals surface area contributed by atoms with Crippen molar-refractivity contribution in [2.75, 3.05) is 0 Å². The zero-order valence-corrected chi connectivity index (χ0v) is 11.2. The molecule has 1 aliphatic rings. The maximum Gasteiger partial charge on any atom is 0.248 e. The summed E-state index contributed by atoms with van der Waals surface area (Å²) in [5, 5.41) is 0. The largest absolute Gasteiger partial charge is 0.271 e. The van der Waals surface area contributed by atoms with Gasteiger partial charge in [-0.25, -0.2) is 8.78 Å². The average molecular weight is 269 g/mol. The molecular weight excluding hydrogens is 248 g/mol. The maximum absolute atomic E-state index is 13.4. The number of pyridine rings is 1. The fourth-order valence-corrected chi connectivity index (χ4v) is 2.88. The number of aryl methyl sites for hydroxylation is 1. The van der Waals surface area contributed by atoms with Gasteiger partial charge in [0.15, 0.2) is 0 Å². The van der Waals surface area contributed by atoms with Gasteiger partial charge in [0.05, 0.1) is 0 Å². The molecule has 0 aliphatic heterocycles. The van der Waals surface area contributed by atoms with Crippen LogP contribution in [-0.2, 0) is 0 Å². The van der Waals surface area contributed by atoms with Gasteiger partial charge in [-0.15, -0.1) is 0 Å². The van der Waals surface area contributed by atoms with Gasteiger partial charge in [-0.2, -0.15) is 0 Å². The first kappa shape index (κ1) is 14.3. The molecule has 1 heterocycles. The number of alkyl halides is 2. The second-order valence-corrected chi connectivity index (χ2v) is 5.57. The summed E-state index contributed by atoms with van der Waals surface area (Å²) in [7, 11) is 0. The van der Waals surface area contributed by atoms with E-state index in [1.165, 1.54) is 0 Å². The Morgan fingerprint density at radius 1 is 1.53 bits per heavy atom. The number of nitrogens with two attached hydrogens (primary N) is 1. The predicted molar refractivity (Wildman–Crippen MR) is 70.6 cm³/mol. The van der Waals surface area contributed by atoms with Crippen LogP contribution in [0.5, 0.6) is 0 Å². The second kappa shape index (κ2) is 5.92. The van der Waals surface area contributed by atoms with Crippen molar-refractivity contribution in [2.24, 2.45) is 11.8 Å². The van der Waals surface area contributed by atoms with Crippen LogP contribution in [-0.4, -0.2) is 10.9 Å². The summed E-state index contributed by atoms with van der Waals surface area (Å²) < 4.78 is 26.8. The molecule has 106 valence electrons. The van der Waals surface area contributed by atoms with Gasteiger partial charge in [-0.05, 0) is 43.2 Å². The van der Waals surface area contributed by atoms with E-state index in [1.54, 1.807) is 12.4 Å². The van der Waals surface area contributed by atoms with Gasteiger partial charge in [-0.3, -0.25) is 16.3 Å². The highest BCUT2D eigenvalue weighted by Gasteiger charge is 2.36. The Hall–Kier alpha value is -1.07. The summed E-state index contributed by atoms with van der Waals surface area (Å²) in [5.74, 6) is 3.09. The third kappa shape index (κ3) is 3.94. The molecule has 3 N–H and O–H groups in total. The van der Waals surface area contributed by atoms with Crippen LogP contribution in [0.3, 0.4) is 0 Å². The molecular formula is C14H21F2N3. The van der Waals surface area contributed by atoms with Gasteiger partial charge < -0.3 is 0 Å². The van der Waals surface area contributed by atoms with E-state index in [0.717, 1.165) is 17.5 Å². The van der Waals surface area contributed by atoms with Crippen LogP contribution in [0.1, 0.15) is 49.3 Å². The smallest absolute Gasteiger partial charge is 0.248 e. The molecule has 1 fully saturated rings. The highest BCUT2D eigenvalue weighted by Crippen LogP contribution is 2.40. The van der Waals surface area contributed by atoms with Crippen molar-refractivity contribution in [3.8, 4) is 0 Å². The standard InChI is InChI=1S/C14H21F2N3/c1-10-5-12(9-18-8-10)13(19-17)6-11-3-2-4-14(15,16)7-11/h5,8-9,11,13,19H,2-4,6-7,17H2,1H3. The van der Waals surface area contributed by atoms with E-state index in [4.69, 9.17) is 5.84 Å². The van der Waals surface area contributed by atoms with E-state index in [2.05, 4.69) is 10.4 Å². The highest BCUT2D eigenvalue weighted by atomic mass is 19.3. The lowest BCUT2D eigenvalue weighted by molar-refractivity contribution is -0.0548. The first-order chi connectivity index (χ1) is 9.00. The molecule has 1 aliphatic carbocycles. The summed E-state index contributed by atoms with van der Waals surface area (Å²) in [6.45, 7) is 1.96. The van der Waals surface area contributed by atoms with E-state index in [1.807, 2.05) is 13.0 Å². The van der Waals surface area contributed by atoms with Gasteiger partial charge in [-0.1, -0.05) is 6.07 Å². The third-order valence-electron chi connectivity index (χ3n) is 3.81. The molecule has 19 heavy (non-hydrogen) atoms. The summed E-state index contributed by atoms with van der Waals surface area (Å²) in [6.07, 6.45) is 5.61. The molecule has 2 unspecified atom stereocenters. The molecule has 1 aromatic heterocycles. The number of hydrogen-bond acceptors (Lipinski definition) is 3. The molecule has 0 spiro atoms. The lowest BCUT2D eigenvalue weighted by Gasteiger charge is -2.31. The second-order valence-electron chi connectivity index (χ2n) is 5.57. The first-order valence-corrected chi connectivity index (χ1v) is 6.76. The summed E-state index contributed by atoms with van der Waals surface area (Å²) in [6, 6.07) is 1.89. The zero-order chi connectivity index (χ0) is 13.9. The van der Waals surface area contributed by atoms with Gasteiger partial charge >= 0.3 is 0 Å². The summed E-state index contributed by atoms with van der Waals surface area (Å²) >= 11 is 0. The number of nitrogens with one attached hydrogen (secondary N) is 1. The lowest BCUT2D eigenvalue weighted by atomic mass is 9.81. The molecule has 0 saturated heterocycles. The topological polar surface area (TPSA) is 50.9 Å². The minimum atomic E-state index is -2.51. The number of hydrogen-bond donors (Lipinski definition) is 2. The first-order valence-electron chi connectivity index (χ1n) is 6.76. The van der Waals surface area contributed by atoms with E-state index < -0.39 is 5.92 Å². The number of aromatic nitrogens is 1. The quantitative estimate of drug-likeness (QED) is 0.652. The van der Waals surface area contributed by atoms with Gasteiger partial charge in [0.2, 0.25) is 5.92 Å². The third-order valence-corrected chi connectivity index (χ3v) is 3.81. The van der Waals surface area contributed by atoms with Gasteiger partial charge in [0.25, 0.3) is 0 Å². The van der Waals surface area contributed by atoms with Crippen molar-refractivity contribution >= 4 is 0 Å². The SMILES string of the molecule is Cc1cncc(C(CC2CCCC(F)(F)C2)NN)c1. The fourth-order valence-electron chi connectivity index (χ4n) is 2.88. The van der Waals surface area contributed by atoms with Crippen molar-refractivity contribution in [3.63, 3.8) is 0 Å². The molecule has 1 aromatic rings. The molecule has 2 atom stereocenters. The fraction of sp³-hybridized carbons (Fsp3) is 0.643. The predicted octanol–water partition coefficient (Wildman–Crippen LogP) is 3.11. The normalized spacial score (nSPS) is 24.1. The average Bonchev–Trinajstić information content (AvgIpc) is 2.35. The molecule has 0 radical (unpaired) electrons. The highest BCUT2D eigenvalue weighted by molar-refractivity contribution is 5.20. The van der Waals surface area contributed by atoms with Crippen LogP contribution in [0.15, 0.2) is 18.5 Å². The Kier molecular flexibility index (Phi) is 4.47. The van der Waals surface area contributed by atoms with Crippen LogP contribution >= 0.6 is 0 Å². The maximum atomic E-state index is 13.4. The Bertz CT molecular complexity index is 423. The lowest BCUT2D eigenvalue weighted by Crippen LogP contribution is -2.33. The molecule has 2 rings (SSSR count). The zero-order valence-electron chi connectivity index (χ0n) is 11.2. The summed E-state index contributed by atoms with van der Waals surface area (Å²) in [4.78, 5) is 4.13.